The van der Waals surface area contributed by atoms with Gasteiger partial charge in [-0.05, 0) is 23.3 Å². The predicted octanol–water partition coefficient (Wildman–Crippen LogP) is 2.22. The molecule has 106 valence electrons. The Morgan fingerprint density at radius 2 is 1.76 bits per heavy atom. The van der Waals surface area contributed by atoms with E-state index < -0.39 is 5.54 Å². The van der Waals surface area contributed by atoms with Gasteiger partial charge in [-0.3, -0.25) is 10.1 Å². The summed E-state index contributed by atoms with van der Waals surface area (Å²) in [6, 6.07) is 16.8. The number of carbonyl (C=O) groups is 1. The Bertz CT molecular complexity index is 697. The molecule has 21 heavy (non-hydrogen) atoms. The Balaban J connectivity index is 2.06. The summed E-state index contributed by atoms with van der Waals surface area (Å²) in [5.41, 5.74) is 6.48. The van der Waals surface area contributed by atoms with Crippen molar-refractivity contribution in [2.45, 2.75) is 12.0 Å². The summed E-state index contributed by atoms with van der Waals surface area (Å²) in [5, 5.41) is 3.26. The van der Waals surface area contributed by atoms with E-state index in [0.717, 1.165) is 11.1 Å². The number of hydrogen-bond acceptors (Lipinski definition) is 3. The van der Waals surface area contributed by atoms with E-state index in [-0.39, 0.29) is 11.9 Å². The molecule has 1 aliphatic heterocycles. The summed E-state index contributed by atoms with van der Waals surface area (Å²) in [5.74, 6) is -0.0565. The average Bonchev–Trinajstić information content (AvgIpc) is 2.77. The van der Waals surface area contributed by atoms with Gasteiger partial charge in [-0.25, -0.2) is 4.99 Å². The molecule has 0 bridgehead atoms. The molecule has 0 aromatic heterocycles. The highest BCUT2D eigenvalue weighted by Gasteiger charge is 2.44. The SMILES string of the molecule is NC1=N[C@@](Cc2ccc(Cl)cc2)(c2ccccc2)C(=O)N1. The van der Waals surface area contributed by atoms with Crippen LogP contribution in [0.4, 0.5) is 0 Å². The minimum absolute atomic E-state index is 0.151. The van der Waals surface area contributed by atoms with Crippen molar-refractivity contribution >= 4 is 23.5 Å². The number of halogens is 1. The van der Waals surface area contributed by atoms with Crippen LogP contribution in [0.1, 0.15) is 11.1 Å². The molecular weight excluding hydrogens is 286 g/mol. The van der Waals surface area contributed by atoms with Crippen molar-refractivity contribution in [3.8, 4) is 0 Å². The maximum atomic E-state index is 12.4. The normalized spacial score (nSPS) is 21.0. The van der Waals surface area contributed by atoms with Crippen LogP contribution in [-0.4, -0.2) is 11.9 Å². The van der Waals surface area contributed by atoms with Crippen LogP contribution in [-0.2, 0) is 16.8 Å². The number of hydrogen-bond donors (Lipinski definition) is 2. The maximum absolute atomic E-state index is 12.4. The molecule has 1 atom stereocenters. The highest BCUT2D eigenvalue weighted by molar-refractivity contribution is 6.30. The summed E-state index contributed by atoms with van der Waals surface area (Å²) in [7, 11) is 0. The van der Waals surface area contributed by atoms with Crippen LogP contribution < -0.4 is 11.1 Å². The Labute approximate surface area is 127 Å². The third kappa shape index (κ3) is 2.50. The highest BCUT2D eigenvalue weighted by Crippen LogP contribution is 2.33. The molecule has 0 unspecified atom stereocenters. The van der Waals surface area contributed by atoms with Crippen molar-refractivity contribution in [2.24, 2.45) is 10.7 Å². The Morgan fingerprint density at radius 3 is 2.33 bits per heavy atom. The van der Waals surface area contributed by atoms with E-state index in [9.17, 15) is 4.79 Å². The van der Waals surface area contributed by atoms with Gasteiger partial charge in [0.2, 0.25) is 0 Å². The van der Waals surface area contributed by atoms with Crippen LogP contribution in [0.3, 0.4) is 0 Å². The zero-order chi connectivity index (χ0) is 14.9. The molecule has 0 aliphatic carbocycles. The first kappa shape index (κ1) is 13.6. The van der Waals surface area contributed by atoms with Gasteiger partial charge in [0.25, 0.3) is 5.91 Å². The van der Waals surface area contributed by atoms with Crippen molar-refractivity contribution in [3.05, 3.63) is 70.7 Å². The lowest BCUT2D eigenvalue weighted by Crippen LogP contribution is -2.40. The number of nitrogens with one attached hydrogen (secondary N) is 1. The summed E-state index contributed by atoms with van der Waals surface area (Å²) in [6.45, 7) is 0. The minimum atomic E-state index is -1.01. The molecule has 4 nitrogen and oxygen atoms in total. The van der Waals surface area contributed by atoms with Gasteiger partial charge in [-0.2, -0.15) is 0 Å². The fourth-order valence-electron chi connectivity index (χ4n) is 2.53. The number of amides is 1. The quantitative estimate of drug-likeness (QED) is 0.912. The Morgan fingerprint density at radius 1 is 1.10 bits per heavy atom. The second kappa shape index (κ2) is 5.22. The van der Waals surface area contributed by atoms with Gasteiger partial charge in [-0.1, -0.05) is 54.1 Å². The molecule has 2 aromatic carbocycles. The zero-order valence-electron chi connectivity index (χ0n) is 11.2. The fourth-order valence-corrected chi connectivity index (χ4v) is 2.66. The van der Waals surface area contributed by atoms with Gasteiger partial charge in [0.1, 0.15) is 0 Å². The second-order valence-corrected chi connectivity index (χ2v) is 5.42. The predicted molar refractivity (Wildman–Crippen MR) is 83.0 cm³/mol. The van der Waals surface area contributed by atoms with Crippen LogP contribution in [0, 0.1) is 0 Å². The number of rotatable bonds is 3. The van der Waals surface area contributed by atoms with Crippen molar-refractivity contribution < 1.29 is 4.79 Å². The van der Waals surface area contributed by atoms with Gasteiger partial charge in [-0.15, -0.1) is 0 Å². The highest BCUT2D eigenvalue weighted by atomic mass is 35.5. The smallest absolute Gasteiger partial charge is 0.259 e. The largest absolute Gasteiger partial charge is 0.370 e. The number of aliphatic imine (C=N–C) groups is 1. The van der Waals surface area contributed by atoms with E-state index in [1.165, 1.54) is 0 Å². The molecule has 1 amide bonds. The van der Waals surface area contributed by atoms with E-state index in [4.69, 9.17) is 17.3 Å². The molecular formula is C16H14ClN3O. The molecule has 2 aromatic rings. The van der Waals surface area contributed by atoms with E-state index in [1.807, 2.05) is 42.5 Å². The first-order valence-electron chi connectivity index (χ1n) is 6.57. The molecule has 1 heterocycles. The lowest BCUT2D eigenvalue weighted by Gasteiger charge is -2.24. The topological polar surface area (TPSA) is 67.5 Å². The number of carbonyl (C=O) groups excluding carboxylic acids is 1. The van der Waals surface area contributed by atoms with E-state index in [0.29, 0.717) is 11.4 Å². The minimum Gasteiger partial charge on any atom is -0.370 e. The average molecular weight is 300 g/mol. The van der Waals surface area contributed by atoms with Gasteiger partial charge >= 0.3 is 0 Å². The van der Waals surface area contributed by atoms with Gasteiger partial charge in [0, 0.05) is 11.4 Å². The summed E-state index contributed by atoms with van der Waals surface area (Å²) in [6.07, 6.45) is 0.431. The third-order valence-electron chi connectivity index (χ3n) is 3.55. The van der Waals surface area contributed by atoms with Crippen molar-refractivity contribution in [1.82, 2.24) is 5.32 Å². The van der Waals surface area contributed by atoms with Gasteiger partial charge in [0.05, 0.1) is 0 Å². The molecule has 3 N–H and O–H groups in total. The van der Waals surface area contributed by atoms with Crippen LogP contribution in [0.5, 0.6) is 0 Å². The van der Waals surface area contributed by atoms with Crippen molar-refractivity contribution in [1.29, 1.82) is 0 Å². The molecule has 5 heteroatoms. The second-order valence-electron chi connectivity index (χ2n) is 4.98. The molecule has 1 aliphatic rings. The lowest BCUT2D eigenvalue weighted by atomic mass is 9.84. The molecule has 0 fully saturated rings. The zero-order valence-corrected chi connectivity index (χ0v) is 12.0. The van der Waals surface area contributed by atoms with E-state index >= 15 is 0 Å². The molecule has 0 saturated carbocycles. The van der Waals surface area contributed by atoms with Crippen molar-refractivity contribution in [2.75, 3.05) is 0 Å². The number of nitrogens with two attached hydrogens (primary N) is 1. The summed E-state index contributed by atoms with van der Waals surface area (Å²) < 4.78 is 0. The maximum Gasteiger partial charge on any atom is 0.259 e. The lowest BCUT2D eigenvalue weighted by molar-refractivity contribution is -0.124. The van der Waals surface area contributed by atoms with E-state index in [1.54, 1.807) is 12.1 Å². The first-order valence-corrected chi connectivity index (χ1v) is 6.95. The van der Waals surface area contributed by atoms with Crippen LogP contribution >= 0.6 is 11.6 Å². The number of guanidine groups is 1. The van der Waals surface area contributed by atoms with Crippen LogP contribution in [0.2, 0.25) is 5.02 Å². The number of benzene rings is 2. The first-order chi connectivity index (χ1) is 10.1. The Hall–Kier alpha value is -2.33. The number of nitrogens with zero attached hydrogens (tertiary/aromatic N) is 1. The van der Waals surface area contributed by atoms with Crippen molar-refractivity contribution in [3.63, 3.8) is 0 Å². The standard InChI is InChI=1S/C16H14ClN3O/c17-13-8-6-11(7-9-13)10-16(12-4-2-1-3-5-12)14(21)19-15(18)20-16/h1-9H,10H2,(H3,18,19,20,21)/t16-/m0/s1. The van der Waals surface area contributed by atoms with Gasteiger partial charge in [0.15, 0.2) is 11.5 Å². The van der Waals surface area contributed by atoms with Gasteiger partial charge < -0.3 is 5.73 Å². The van der Waals surface area contributed by atoms with Crippen LogP contribution in [0.15, 0.2) is 59.6 Å². The van der Waals surface area contributed by atoms with Crippen LogP contribution in [0.25, 0.3) is 0 Å². The molecule has 3 rings (SSSR count). The summed E-state index contributed by atoms with van der Waals surface area (Å²) in [4.78, 5) is 16.8. The fraction of sp³-hybridized carbons (Fsp3) is 0.125. The Kier molecular flexibility index (Phi) is 3.39. The monoisotopic (exact) mass is 299 g/mol. The molecule has 0 spiro atoms. The molecule has 0 radical (unpaired) electrons. The van der Waals surface area contributed by atoms with E-state index in [2.05, 4.69) is 10.3 Å². The molecule has 0 saturated heterocycles. The summed E-state index contributed by atoms with van der Waals surface area (Å²) >= 11 is 5.91. The third-order valence-corrected chi connectivity index (χ3v) is 3.81.